The van der Waals surface area contributed by atoms with Crippen LogP contribution in [0.3, 0.4) is 0 Å². The Morgan fingerprint density at radius 1 is 1.50 bits per heavy atom. The quantitative estimate of drug-likeness (QED) is 0.785. The van der Waals surface area contributed by atoms with Crippen LogP contribution >= 0.6 is 11.3 Å². The summed E-state index contributed by atoms with van der Waals surface area (Å²) in [6.07, 6.45) is 0.925. The Bertz CT molecular complexity index is 461. The number of nitrogens with two attached hydrogens (primary N) is 2. The molecule has 0 radical (unpaired) electrons. The summed E-state index contributed by atoms with van der Waals surface area (Å²) in [7, 11) is 2.87. The van der Waals surface area contributed by atoms with Crippen molar-refractivity contribution < 1.29 is 14.3 Å². The van der Waals surface area contributed by atoms with Crippen molar-refractivity contribution in [2.75, 3.05) is 37.9 Å². The summed E-state index contributed by atoms with van der Waals surface area (Å²) in [6.45, 7) is 1.59. The summed E-state index contributed by atoms with van der Waals surface area (Å²) in [5.41, 5.74) is 12.1. The smallest absolute Gasteiger partial charge is 0.350 e. The van der Waals surface area contributed by atoms with E-state index in [1.807, 2.05) is 0 Å². The number of hydrogen-bond acceptors (Lipinski definition) is 7. The van der Waals surface area contributed by atoms with Crippen LogP contribution in [0.25, 0.3) is 0 Å². The van der Waals surface area contributed by atoms with Crippen molar-refractivity contribution in [1.29, 1.82) is 0 Å². The van der Waals surface area contributed by atoms with Crippen LogP contribution in [-0.2, 0) is 4.74 Å². The van der Waals surface area contributed by atoms with Gasteiger partial charge in [0.2, 0.25) is 0 Å². The molecule has 0 bridgehead atoms. The van der Waals surface area contributed by atoms with E-state index in [1.165, 1.54) is 18.4 Å². The number of nitrogen functional groups attached to an aromatic ring is 1. The van der Waals surface area contributed by atoms with Crippen molar-refractivity contribution >= 4 is 28.0 Å². The lowest BCUT2D eigenvalue weighted by Crippen LogP contribution is -2.25. The van der Waals surface area contributed by atoms with Gasteiger partial charge < -0.3 is 25.8 Å². The number of carbonyl (C=O) groups excluding carboxylic acids is 1. The maximum atomic E-state index is 11.6. The molecular formula is C11H17N3O3S. The Balaban J connectivity index is 2.38. The van der Waals surface area contributed by atoms with Gasteiger partial charge in [0.1, 0.15) is 15.6 Å². The molecule has 0 aliphatic carbocycles. The van der Waals surface area contributed by atoms with Gasteiger partial charge in [0.15, 0.2) is 5.75 Å². The lowest BCUT2D eigenvalue weighted by Gasteiger charge is -2.17. The van der Waals surface area contributed by atoms with Gasteiger partial charge >= 0.3 is 5.97 Å². The summed E-state index contributed by atoms with van der Waals surface area (Å²) >= 11 is 1.29. The molecule has 2 heterocycles. The van der Waals surface area contributed by atoms with E-state index < -0.39 is 5.97 Å². The van der Waals surface area contributed by atoms with Crippen LogP contribution in [0.4, 0.5) is 10.7 Å². The molecule has 2 rings (SSSR count). The van der Waals surface area contributed by atoms with Crippen LogP contribution in [0.1, 0.15) is 16.1 Å². The SMILES string of the molecule is COC(=O)c1sc(N2CCC(N)C2)c(OC)c1N. The van der Waals surface area contributed by atoms with E-state index >= 15 is 0 Å². The third-order valence-corrected chi connectivity index (χ3v) is 4.20. The molecule has 1 aliphatic rings. The molecule has 1 aromatic heterocycles. The number of rotatable bonds is 3. The molecule has 0 saturated carbocycles. The summed E-state index contributed by atoms with van der Waals surface area (Å²) in [4.78, 5) is 14.1. The lowest BCUT2D eigenvalue weighted by atomic mass is 10.3. The van der Waals surface area contributed by atoms with Gasteiger partial charge in [-0.1, -0.05) is 0 Å². The first kappa shape index (κ1) is 13.0. The monoisotopic (exact) mass is 271 g/mol. The van der Waals surface area contributed by atoms with Crippen LogP contribution in [0.15, 0.2) is 0 Å². The number of anilines is 2. The predicted octanol–water partition coefficient (Wildman–Crippen LogP) is 0.663. The second-order valence-corrected chi connectivity index (χ2v) is 5.17. The van der Waals surface area contributed by atoms with Gasteiger partial charge in [0.05, 0.1) is 14.2 Å². The average Bonchev–Trinajstić information content (AvgIpc) is 2.92. The highest BCUT2D eigenvalue weighted by atomic mass is 32.1. The summed E-state index contributed by atoms with van der Waals surface area (Å²) in [5.74, 6) is 0.0973. The van der Waals surface area contributed by atoms with E-state index in [2.05, 4.69) is 4.90 Å². The zero-order valence-corrected chi connectivity index (χ0v) is 11.3. The number of methoxy groups -OCH3 is 2. The average molecular weight is 271 g/mol. The summed E-state index contributed by atoms with van der Waals surface area (Å²) < 4.78 is 10.0. The highest BCUT2D eigenvalue weighted by molar-refractivity contribution is 7.19. The van der Waals surface area contributed by atoms with Crippen molar-refractivity contribution in [3.63, 3.8) is 0 Å². The van der Waals surface area contributed by atoms with E-state index in [0.29, 0.717) is 16.3 Å². The zero-order valence-electron chi connectivity index (χ0n) is 10.4. The molecule has 6 nitrogen and oxygen atoms in total. The van der Waals surface area contributed by atoms with Gasteiger partial charge in [-0.05, 0) is 6.42 Å². The van der Waals surface area contributed by atoms with Crippen molar-refractivity contribution in [2.24, 2.45) is 5.73 Å². The molecule has 0 spiro atoms. The van der Waals surface area contributed by atoms with Crippen LogP contribution < -0.4 is 21.1 Å². The number of esters is 1. The standard InChI is InChI=1S/C11H17N3O3S/c1-16-8-7(13)9(11(15)17-2)18-10(8)14-4-3-6(12)5-14/h6H,3-5,12-13H2,1-2H3. The van der Waals surface area contributed by atoms with Crippen molar-refractivity contribution in [3.05, 3.63) is 4.88 Å². The minimum atomic E-state index is -0.439. The molecular weight excluding hydrogens is 254 g/mol. The van der Waals surface area contributed by atoms with Gasteiger partial charge in [-0.2, -0.15) is 0 Å². The Labute approximate surface area is 109 Å². The van der Waals surface area contributed by atoms with Crippen molar-refractivity contribution in [2.45, 2.75) is 12.5 Å². The van der Waals surface area contributed by atoms with Crippen LogP contribution in [0.2, 0.25) is 0 Å². The lowest BCUT2D eigenvalue weighted by molar-refractivity contribution is 0.0607. The predicted molar refractivity (Wildman–Crippen MR) is 71.4 cm³/mol. The van der Waals surface area contributed by atoms with Gasteiger partial charge in [-0.3, -0.25) is 0 Å². The van der Waals surface area contributed by atoms with E-state index in [4.69, 9.17) is 20.9 Å². The maximum absolute atomic E-state index is 11.6. The third kappa shape index (κ3) is 2.11. The van der Waals surface area contributed by atoms with E-state index in [-0.39, 0.29) is 6.04 Å². The number of hydrogen-bond donors (Lipinski definition) is 2. The van der Waals surface area contributed by atoms with Crippen LogP contribution in [0, 0.1) is 0 Å². The maximum Gasteiger partial charge on any atom is 0.350 e. The molecule has 18 heavy (non-hydrogen) atoms. The molecule has 7 heteroatoms. The highest BCUT2D eigenvalue weighted by Gasteiger charge is 2.29. The summed E-state index contributed by atoms with van der Waals surface area (Å²) in [6, 6.07) is 0.152. The molecule has 4 N–H and O–H groups in total. The first-order valence-electron chi connectivity index (χ1n) is 5.63. The number of nitrogens with zero attached hydrogens (tertiary/aromatic N) is 1. The minimum Gasteiger partial charge on any atom is -0.492 e. The molecule has 1 aromatic rings. The minimum absolute atomic E-state index is 0.152. The molecule has 0 amide bonds. The second kappa shape index (κ2) is 5.03. The van der Waals surface area contributed by atoms with Crippen molar-refractivity contribution in [1.82, 2.24) is 0 Å². The first-order valence-corrected chi connectivity index (χ1v) is 6.45. The normalized spacial score (nSPS) is 19.1. The zero-order chi connectivity index (χ0) is 13.3. The van der Waals surface area contributed by atoms with Gasteiger partial charge in [-0.25, -0.2) is 4.79 Å². The Kier molecular flexibility index (Phi) is 3.63. The van der Waals surface area contributed by atoms with E-state index in [9.17, 15) is 4.79 Å². The molecule has 0 aromatic carbocycles. The molecule has 1 atom stereocenters. The van der Waals surface area contributed by atoms with E-state index in [0.717, 1.165) is 24.5 Å². The van der Waals surface area contributed by atoms with Gasteiger partial charge in [-0.15, -0.1) is 11.3 Å². The van der Waals surface area contributed by atoms with Crippen LogP contribution in [-0.4, -0.2) is 39.3 Å². The molecule has 1 unspecified atom stereocenters. The fraction of sp³-hybridized carbons (Fsp3) is 0.545. The molecule has 1 aliphatic heterocycles. The van der Waals surface area contributed by atoms with Gasteiger partial charge in [0.25, 0.3) is 0 Å². The summed E-state index contributed by atoms with van der Waals surface area (Å²) in [5, 5.41) is 0.850. The van der Waals surface area contributed by atoms with Gasteiger partial charge in [0, 0.05) is 19.1 Å². The highest BCUT2D eigenvalue weighted by Crippen LogP contribution is 2.45. The Hall–Kier alpha value is -1.47. The topological polar surface area (TPSA) is 90.8 Å². The third-order valence-electron chi connectivity index (χ3n) is 2.97. The van der Waals surface area contributed by atoms with Crippen molar-refractivity contribution in [3.8, 4) is 5.75 Å². The van der Waals surface area contributed by atoms with Crippen LogP contribution in [0.5, 0.6) is 5.75 Å². The first-order chi connectivity index (χ1) is 8.58. The molecule has 1 fully saturated rings. The second-order valence-electron chi connectivity index (χ2n) is 4.17. The Morgan fingerprint density at radius 3 is 2.72 bits per heavy atom. The fourth-order valence-corrected chi connectivity index (χ4v) is 3.18. The molecule has 100 valence electrons. The fourth-order valence-electron chi connectivity index (χ4n) is 2.04. The number of ether oxygens (including phenoxy) is 2. The van der Waals surface area contributed by atoms with E-state index in [1.54, 1.807) is 7.11 Å². The largest absolute Gasteiger partial charge is 0.492 e. The number of carbonyl (C=O) groups is 1. The molecule has 1 saturated heterocycles. The number of thiophene rings is 1. The Morgan fingerprint density at radius 2 is 2.22 bits per heavy atom.